The van der Waals surface area contributed by atoms with Gasteiger partial charge in [-0.3, -0.25) is 4.79 Å². The molecular weight excluding hydrogens is 318 g/mol. The Bertz CT molecular complexity index is 628. The highest BCUT2D eigenvalue weighted by Crippen LogP contribution is 2.22. The second-order valence-electron chi connectivity index (χ2n) is 7.05. The van der Waals surface area contributed by atoms with Crippen molar-refractivity contribution in [2.24, 2.45) is 5.92 Å². The zero-order chi connectivity index (χ0) is 17.8. The minimum absolute atomic E-state index is 0.0187. The molecule has 0 bridgehead atoms. The van der Waals surface area contributed by atoms with E-state index in [1.54, 1.807) is 12.3 Å². The Morgan fingerprint density at radius 1 is 1.16 bits per heavy atom. The number of likely N-dealkylation sites (tertiary alicyclic amines) is 2. The molecule has 0 saturated carbocycles. The summed E-state index contributed by atoms with van der Waals surface area (Å²) in [5, 5.41) is 2.98. The van der Waals surface area contributed by atoms with E-state index in [0.717, 1.165) is 56.8 Å². The van der Waals surface area contributed by atoms with E-state index in [1.807, 2.05) is 34.9 Å². The number of anilines is 2. The van der Waals surface area contributed by atoms with Gasteiger partial charge < -0.3 is 20.0 Å². The van der Waals surface area contributed by atoms with Gasteiger partial charge in [0.1, 0.15) is 5.82 Å². The Morgan fingerprint density at radius 2 is 1.88 bits per heavy atom. The maximum absolute atomic E-state index is 12.6. The van der Waals surface area contributed by atoms with Gasteiger partial charge in [0.15, 0.2) is 0 Å². The summed E-state index contributed by atoms with van der Waals surface area (Å²) >= 11 is 0. The molecule has 0 aromatic carbocycles. The van der Waals surface area contributed by atoms with Crippen LogP contribution in [0.25, 0.3) is 0 Å². The van der Waals surface area contributed by atoms with Crippen LogP contribution in [0.2, 0.25) is 0 Å². The average molecular weight is 345 g/mol. The number of aromatic nitrogens is 1. The Morgan fingerprint density at radius 3 is 2.60 bits per heavy atom. The molecule has 2 saturated heterocycles. The van der Waals surface area contributed by atoms with Crippen molar-refractivity contribution in [3.63, 3.8) is 0 Å². The minimum Gasteiger partial charge on any atom is -0.363 e. The van der Waals surface area contributed by atoms with Crippen LogP contribution < -0.4 is 10.2 Å². The monoisotopic (exact) mass is 345 g/mol. The number of rotatable bonds is 3. The van der Waals surface area contributed by atoms with Crippen LogP contribution in [-0.4, -0.2) is 67.0 Å². The second kappa shape index (κ2) is 7.72. The molecule has 7 heteroatoms. The van der Waals surface area contributed by atoms with Gasteiger partial charge in [-0.15, -0.1) is 0 Å². The van der Waals surface area contributed by atoms with Crippen molar-refractivity contribution in [3.05, 3.63) is 18.3 Å². The first-order chi connectivity index (χ1) is 12.0. The Hall–Kier alpha value is -2.31. The van der Waals surface area contributed by atoms with E-state index in [2.05, 4.69) is 10.3 Å². The molecule has 1 aromatic heterocycles. The van der Waals surface area contributed by atoms with Crippen LogP contribution in [0.1, 0.15) is 25.7 Å². The Balaban J connectivity index is 1.60. The Labute approximate surface area is 149 Å². The molecule has 0 spiro atoms. The largest absolute Gasteiger partial charge is 0.363 e. The zero-order valence-electron chi connectivity index (χ0n) is 15.1. The fourth-order valence-corrected chi connectivity index (χ4v) is 3.46. The van der Waals surface area contributed by atoms with Crippen LogP contribution in [0, 0.1) is 5.92 Å². The summed E-state index contributed by atoms with van der Waals surface area (Å²) in [6, 6.07) is 3.74. The van der Waals surface area contributed by atoms with Crippen molar-refractivity contribution < 1.29 is 9.59 Å². The molecule has 136 valence electrons. The molecule has 3 heterocycles. The molecule has 25 heavy (non-hydrogen) atoms. The predicted molar refractivity (Wildman–Crippen MR) is 97.7 cm³/mol. The van der Waals surface area contributed by atoms with Crippen LogP contribution in [0.4, 0.5) is 16.3 Å². The van der Waals surface area contributed by atoms with Gasteiger partial charge in [0, 0.05) is 58.2 Å². The van der Waals surface area contributed by atoms with Gasteiger partial charge in [0.25, 0.3) is 0 Å². The minimum atomic E-state index is -0.156. The first-order valence-corrected chi connectivity index (χ1v) is 9.02. The molecule has 1 N–H and O–H groups in total. The third-order valence-electron chi connectivity index (χ3n) is 4.91. The number of nitrogens with zero attached hydrogens (tertiary/aromatic N) is 4. The van der Waals surface area contributed by atoms with Crippen molar-refractivity contribution in [2.45, 2.75) is 25.7 Å². The smallest absolute Gasteiger partial charge is 0.320 e. The molecule has 1 aromatic rings. The number of nitrogens with one attached hydrogen (secondary N) is 1. The normalized spacial score (nSPS) is 20.5. The number of hydrogen-bond donors (Lipinski definition) is 1. The van der Waals surface area contributed by atoms with Crippen LogP contribution in [-0.2, 0) is 4.79 Å². The number of pyridine rings is 1. The average Bonchev–Trinajstić information content (AvgIpc) is 3.16. The van der Waals surface area contributed by atoms with Gasteiger partial charge >= 0.3 is 6.03 Å². The topological polar surface area (TPSA) is 68.8 Å². The van der Waals surface area contributed by atoms with Gasteiger partial charge in [-0.1, -0.05) is 0 Å². The second-order valence-corrected chi connectivity index (χ2v) is 7.05. The van der Waals surface area contributed by atoms with Gasteiger partial charge in [-0.05, 0) is 31.7 Å². The van der Waals surface area contributed by atoms with Crippen LogP contribution in [0.5, 0.6) is 0 Å². The maximum Gasteiger partial charge on any atom is 0.320 e. The van der Waals surface area contributed by atoms with Crippen molar-refractivity contribution >= 4 is 23.4 Å². The molecule has 1 unspecified atom stereocenters. The zero-order valence-corrected chi connectivity index (χ0v) is 15.1. The van der Waals surface area contributed by atoms with Crippen molar-refractivity contribution in [2.75, 3.05) is 50.5 Å². The van der Waals surface area contributed by atoms with E-state index in [-0.39, 0.29) is 17.9 Å². The number of carbonyl (C=O) groups excluding carboxylic acids is 2. The third-order valence-corrected chi connectivity index (χ3v) is 4.91. The quantitative estimate of drug-likeness (QED) is 0.910. The molecular formula is C18H27N5O2. The molecule has 0 aliphatic carbocycles. The molecule has 2 fully saturated rings. The van der Waals surface area contributed by atoms with Gasteiger partial charge in [-0.25, -0.2) is 9.78 Å². The lowest BCUT2D eigenvalue weighted by Gasteiger charge is -2.34. The van der Waals surface area contributed by atoms with Gasteiger partial charge in [-0.2, -0.15) is 0 Å². The first kappa shape index (κ1) is 17.5. The highest BCUT2D eigenvalue weighted by molar-refractivity contribution is 5.93. The number of carbonyl (C=O) groups is 2. The summed E-state index contributed by atoms with van der Waals surface area (Å²) in [6.45, 7) is 2.94. The molecule has 2 aliphatic rings. The lowest BCUT2D eigenvalue weighted by atomic mass is 9.97. The lowest BCUT2D eigenvalue weighted by molar-refractivity contribution is -0.121. The van der Waals surface area contributed by atoms with Gasteiger partial charge in [0.2, 0.25) is 5.91 Å². The van der Waals surface area contributed by atoms with E-state index in [1.165, 1.54) is 0 Å². The fraction of sp³-hybridized carbons (Fsp3) is 0.611. The van der Waals surface area contributed by atoms with E-state index < -0.39 is 0 Å². The lowest BCUT2D eigenvalue weighted by Crippen LogP contribution is -2.48. The molecule has 1 atom stereocenters. The fourth-order valence-electron chi connectivity index (χ4n) is 3.46. The van der Waals surface area contributed by atoms with E-state index in [0.29, 0.717) is 6.54 Å². The summed E-state index contributed by atoms with van der Waals surface area (Å²) in [4.78, 5) is 35.1. The van der Waals surface area contributed by atoms with E-state index in [9.17, 15) is 9.59 Å². The molecule has 3 rings (SSSR count). The summed E-state index contributed by atoms with van der Waals surface area (Å²) < 4.78 is 0. The molecule has 3 amide bonds. The van der Waals surface area contributed by atoms with Crippen molar-refractivity contribution in [1.29, 1.82) is 0 Å². The molecule has 0 radical (unpaired) electrons. The van der Waals surface area contributed by atoms with E-state index in [4.69, 9.17) is 0 Å². The van der Waals surface area contributed by atoms with Crippen LogP contribution in [0.15, 0.2) is 18.3 Å². The number of amides is 3. The maximum atomic E-state index is 12.6. The van der Waals surface area contributed by atoms with E-state index >= 15 is 0 Å². The highest BCUT2D eigenvalue weighted by atomic mass is 16.2. The summed E-state index contributed by atoms with van der Waals surface area (Å²) in [5.41, 5.74) is 0.742. The first-order valence-electron chi connectivity index (χ1n) is 9.02. The van der Waals surface area contributed by atoms with Gasteiger partial charge in [0.05, 0.1) is 5.92 Å². The summed E-state index contributed by atoms with van der Waals surface area (Å²) in [6.07, 6.45) is 5.55. The highest BCUT2D eigenvalue weighted by Gasteiger charge is 2.31. The van der Waals surface area contributed by atoms with Crippen LogP contribution in [0.3, 0.4) is 0 Å². The molecule has 7 nitrogen and oxygen atoms in total. The standard InChI is InChI=1S/C18H27N5O2/c1-21(2)16-12-15(7-8-19-16)20-17(24)14-6-5-11-23(13-14)18(25)22-9-3-4-10-22/h7-8,12,14H,3-6,9-11,13H2,1-2H3,(H,19,20,24). The number of urea groups is 1. The van der Waals surface area contributed by atoms with Crippen molar-refractivity contribution in [1.82, 2.24) is 14.8 Å². The SMILES string of the molecule is CN(C)c1cc(NC(=O)C2CCCN(C(=O)N3CCCC3)C2)ccn1. The number of piperidine rings is 1. The predicted octanol–water partition coefficient (Wildman–Crippen LogP) is 2.01. The summed E-state index contributed by atoms with van der Waals surface area (Å²) in [5.74, 6) is 0.624. The number of hydrogen-bond acceptors (Lipinski definition) is 4. The van der Waals surface area contributed by atoms with Crippen LogP contribution >= 0.6 is 0 Å². The molecule has 2 aliphatic heterocycles. The third kappa shape index (κ3) is 4.21. The summed E-state index contributed by atoms with van der Waals surface area (Å²) in [7, 11) is 3.83. The Kier molecular flexibility index (Phi) is 5.40. The van der Waals surface area contributed by atoms with Crippen molar-refractivity contribution in [3.8, 4) is 0 Å².